The maximum Gasteiger partial charge on any atom is 0.306 e. The first kappa shape index (κ1) is 31.7. The number of hydrogen-bond acceptors (Lipinski definition) is 13. The number of aliphatic hydroxyl groups is 6. The monoisotopic (exact) mass is 607 g/mol. The van der Waals surface area contributed by atoms with E-state index in [0.717, 1.165) is 0 Å². The maximum absolute atomic E-state index is 12.4. The molecule has 43 heavy (non-hydrogen) atoms. The molecular formula is C30H41NO12. The van der Waals surface area contributed by atoms with Crippen LogP contribution in [0.2, 0.25) is 0 Å². The Kier molecular flexibility index (Phi) is 9.35. The van der Waals surface area contributed by atoms with E-state index in [4.69, 9.17) is 23.4 Å². The topological polar surface area (TPSA) is 201 Å². The van der Waals surface area contributed by atoms with Crippen LogP contribution in [0.25, 0.3) is 11.0 Å². The molecule has 13 nitrogen and oxygen atoms in total. The molecule has 5 rings (SSSR count). The molecule has 0 amide bonds. The molecule has 7 N–H and O–H groups in total. The van der Waals surface area contributed by atoms with Crippen molar-refractivity contribution in [1.82, 2.24) is 5.32 Å². The summed E-state index contributed by atoms with van der Waals surface area (Å²) in [6.07, 6.45) is -1.49. The molecule has 0 unspecified atom stereocenters. The Labute approximate surface area is 248 Å². The van der Waals surface area contributed by atoms with Gasteiger partial charge in [-0.3, -0.25) is 4.79 Å². The fraction of sp³-hybridized carbons (Fsp3) is 0.633. The van der Waals surface area contributed by atoms with E-state index in [-0.39, 0.29) is 44.0 Å². The number of nitrogens with one attached hydrogen (secondary N) is 1. The van der Waals surface area contributed by atoms with Crippen LogP contribution in [0.5, 0.6) is 11.5 Å². The number of esters is 1. The second-order valence-corrected chi connectivity index (χ2v) is 11.4. The molecule has 2 aliphatic carbocycles. The van der Waals surface area contributed by atoms with Gasteiger partial charge >= 0.3 is 5.97 Å². The first-order valence-electron chi connectivity index (χ1n) is 14.6. The fourth-order valence-electron chi connectivity index (χ4n) is 6.91. The van der Waals surface area contributed by atoms with Crippen molar-refractivity contribution in [2.24, 2.45) is 17.8 Å². The summed E-state index contributed by atoms with van der Waals surface area (Å²) in [7, 11) is 1.76. The Morgan fingerprint density at radius 2 is 1.95 bits per heavy atom. The van der Waals surface area contributed by atoms with Crippen LogP contribution in [0.15, 0.2) is 35.0 Å². The highest BCUT2D eigenvalue weighted by Crippen LogP contribution is 2.56. The van der Waals surface area contributed by atoms with Crippen molar-refractivity contribution in [2.45, 2.75) is 62.0 Å². The van der Waals surface area contributed by atoms with Crippen molar-refractivity contribution in [3.8, 4) is 11.5 Å². The lowest BCUT2D eigenvalue weighted by molar-refractivity contribution is -0.391. The summed E-state index contributed by atoms with van der Waals surface area (Å²) < 4.78 is 29.4. The van der Waals surface area contributed by atoms with E-state index < -0.39 is 72.7 Å². The number of rotatable bonds is 12. The number of carbonyl (C=O) groups is 1. The lowest BCUT2D eigenvalue weighted by Gasteiger charge is -2.63. The van der Waals surface area contributed by atoms with Gasteiger partial charge in [-0.2, -0.15) is 0 Å². The molecule has 0 spiro atoms. The highest BCUT2D eigenvalue weighted by molar-refractivity contribution is 5.87. The van der Waals surface area contributed by atoms with Gasteiger partial charge in [0.15, 0.2) is 16.9 Å². The standard InChI is InChI=1S/C30H41NO12/c1-3-39-22(35)7-5-16-12-17-8-10-40-24(17)26(41-11-9-31-2)25(16)43-28-30(38)23-18(4-6-20(34)19(23)14-32)13-29(37,27(30)36)21(15-33)42-28/h4,6,8,10,12,18-21,23,27-28,31-34,36-38H,3,5,7,9,11,13-15H2,1-2H3/t18-,19+,20-,21+,23+,27-,28-,29+,30+/m0/s1. The highest BCUT2D eigenvalue weighted by atomic mass is 16.7. The van der Waals surface area contributed by atoms with Crippen LogP contribution in [0, 0.1) is 17.8 Å². The van der Waals surface area contributed by atoms with E-state index in [0.29, 0.717) is 23.1 Å². The van der Waals surface area contributed by atoms with Crippen molar-refractivity contribution >= 4 is 16.9 Å². The van der Waals surface area contributed by atoms with Gasteiger partial charge in [-0.05, 0) is 50.4 Å². The van der Waals surface area contributed by atoms with E-state index in [1.165, 1.54) is 12.3 Å². The number of allylic oxidation sites excluding steroid dienone is 1. The molecule has 238 valence electrons. The Bertz CT molecular complexity index is 1310. The molecule has 1 aromatic carbocycles. The second-order valence-electron chi connectivity index (χ2n) is 11.4. The fourth-order valence-corrected chi connectivity index (χ4v) is 6.91. The first-order chi connectivity index (χ1) is 20.6. The lowest BCUT2D eigenvalue weighted by Crippen LogP contribution is -2.81. The van der Waals surface area contributed by atoms with Crippen LogP contribution < -0.4 is 14.8 Å². The minimum absolute atomic E-state index is 0.00474. The number of ether oxygens (including phenoxy) is 4. The first-order valence-corrected chi connectivity index (χ1v) is 14.6. The molecule has 0 radical (unpaired) electrons. The van der Waals surface area contributed by atoms with Crippen LogP contribution >= 0.6 is 0 Å². The third-order valence-corrected chi connectivity index (χ3v) is 8.98. The molecule has 1 aromatic heterocycles. The number of aliphatic hydroxyl groups excluding tert-OH is 4. The molecular weight excluding hydrogens is 566 g/mol. The van der Waals surface area contributed by atoms with Crippen LogP contribution in [-0.4, -0.2) is 112 Å². The zero-order chi connectivity index (χ0) is 30.9. The minimum Gasteiger partial charge on any atom is -0.485 e. The highest BCUT2D eigenvalue weighted by Gasteiger charge is 2.72. The largest absolute Gasteiger partial charge is 0.485 e. The number of aryl methyl sites for hydroxylation is 1. The molecule has 1 saturated heterocycles. The van der Waals surface area contributed by atoms with Crippen molar-refractivity contribution in [3.63, 3.8) is 0 Å². The third-order valence-electron chi connectivity index (χ3n) is 8.98. The molecule has 1 aliphatic heterocycles. The maximum atomic E-state index is 12.4. The molecule has 2 heterocycles. The summed E-state index contributed by atoms with van der Waals surface area (Å²) in [4.78, 5) is 12.3. The minimum atomic E-state index is -2.37. The van der Waals surface area contributed by atoms with Crippen LogP contribution in [-0.2, 0) is 20.7 Å². The van der Waals surface area contributed by atoms with Crippen LogP contribution in [0.4, 0.5) is 0 Å². The average molecular weight is 608 g/mol. The molecule has 2 fully saturated rings. The summed E-state index contributed by atoms with van der Waals surface area (Å²) in [5, 5.41) is 70.4. The van der Waals surface area contributed by atoms with Gasteiger partial charge in [0.1, 0.15) is 24.4 Å². The van der Waals surface area contributed by atoms with E-state index in [1.807, 2.05) is 0 Å². The van der Waals surface area contributed by atoms with Gasteiger partial charge < -0.3 is 59.3 Å². The van der Waals surface area contributed by atoms with Gasteiger partial charge in [0.25, 0.3) is 0 Å². The second kappa shape index (κ2) is 12.7. The quantitative estimate of drug-likeness (QED) is 0.0937. The zero-order valence-electron chi connectivity index (χ0n) is 24.2. The van der Waals surface area contributed by atoms with Crippen LogP contribution in [0.1, 0.15) is 25.3 Å². The normalized spacial score (nSPS) is 35.0. The van der Waals surface area contributed by atoms with Gasteiger partial charge in [-0.15, -0.1) is 0 Å². The summed E-state index contributed by atoms with van der Waals surface area (Å²) in [5.74, 6) is -2.76. The predicted molar refractivity (Wildman–Crippen MR) is 150 cm³/mol. The van der Waals surface area contributed by atoms with Crippen LogP contribution in [0.3, 0.4) is 0 Å². The number of carbonyl (C=O) groups excluding carboxylic acids is 1. The summed E-state index contributed by atoms with van der Waals surface area (Å²) >= 11 is 0. The Hall–Kier alpha value is -2.75. The zero-order valence-corrected chi connectivity index (χ0v) is 24.2. The Balaban J connectivity index is 1.63. The number of benzene rings is 1. The summed E-state index contributed by atoms with van der Waals surface area (Å²) in [5.41, 5.74) is -3.63. The average Bonchev–Trinajstić information content (AvgIpc) is 3.46. The van der Waals surface area contributed by atoms with Gasteiger partial charge in [-0.1, -0.05) is 12.2 Å². The van der Waals surface area contributed by atoms with E-state index in [1.54, 1.807) is 32.2 Å². The van der Waals surface area contributed by atoms with E-state index in [2.05, 4.69) is 5.32 Å². The van der Waals surface area contributed by atoms with E-state index >= 15 is 0 Å². The molecule has 13 heteroatoms. The van der Waals surface area contributed by atoms with Gasteiger partial charge in [0, 0.05) is 36.8 Å². The number of likely N-dealkylation sites (N-methyl/N-ethyl adjacent to an activating group) is 1. The van der Waals surface area contributed by atoms with Crippen molar-refractivity contribution in [3.05, 3.63) is 36.1 Å². The molecule has 2 bridgehead atoms. The van der Waals surface area contributed by atoms with Crippen molar-refractivity contribution in [2.75, 3.05) is 40.0 Å². The third kappa shape index (κ3) is 5.42. The Morgan fingerprint density at radius 3 is 2.65 bits per heavy atom. The number of fused-ring (bicyclic) bond motifs is 5. The van der Waals surface area contributed by atoms with Gasteiger partial charge in [-0.25, -0.2) is 0 Å². The molecule has 1 saturated carbocycles. The SMILES string of the molecule is CCOC(=O)CCc1cc2ccoc2c(OCCNC)c1O[C@@H]1O[C@H](CO)[C@]2(O)C[C@@H]3C=C[C@H](O)[C@@H](CO)[C@@H]3[C@@]1(O)[C@H]2O. The van der Waals surface area contributed by atoms with Gasteiger partial charge in [0.05, 0.1) is 25.6 Å². The smallest absolute Gasteiger partial charge is 0.306 e. The summed E-state index contributed by atoms with van der Waals surface area (Å²) in [6.45, 7) is 1.34. The van der Waals surface area contributed by atoms with E-state index in [9.17, 15) is 35.4 Å². The molecule has 3 aliphatic rings. The molecule has 2 aromatic rings. The van der Waals surface area contributed by atoms with Crippen molar-refractivity contribution in [1.29, 1.82) is 0 Å². The number of hydrogen-bond donors (Lipinski definition) is 7. The van der Waals surface area contributed by atoms with Crippen molar-refractivity contribution < 1.29 is 58.8 Å². The lowest BCUT2D eigenvalue weighted by atomic mass is 9.53. The summed E-state index contributed by atoms with van der Waals surface area (Å²) in [6, 6.07) is 3.47. The Morgan fingerprint density at radius 1 is 1.16 bits per heavy atom. The molecule has 9 atom stereocenters. The number of furan rings is 1. The predicted octanol–water partition coefficient (Wildman–Crippen LogP) is -0.379. The van der Waals surface area contributed by atoms with Gasteiger partial charge in [0.2, 0.25) is 12.0 Å².